The van der Waals surface area contributed by atoms with Crippen LogP contribution in [-0.2, 0) is 6.61 Å². The average molecular weight is 615 g/mol. The van der Waals surface area contributed by atoms with Gasteiger partial charge in [0.2, 0.25) is 5.82 Å². The minimum atomic E-state index is -0.329. The molecule has 0 N–H and O–H groups in total. The van der Waals surface area contributed by atoms with Crippen LogP contribution in [0.3, 0.4) is 0 Å². The summed E-state index contributed by atoms with van der Waals surface area (Å²) in [5.74, 6) is 1.71. The molecule has 0 aliphatic carbocycles. The van der Waals surface area contributed by atoms with Crippen molar-refractivity contribution in [3.8, 4) is 23.1 Å². The molecule has 198 valence electrons. The van der Waals surface area contributed by atoms with Gasteiger partial charge in [0.15, 0.2) is 17.3 Å². The number of methoxy groups -OCH3 is 1. The molecule has 4 aromatic carbocycles. The van der Waals surface area contributed by atoms with E-state index in [0.717, 1.165) is 15.4 Å². The first kappa shape index (κ1) is 25.9. The van der Waals surface area contributed by atoms with Crippen LogP contribution in [0, 0.1) is 0 Å². The first-order valence-corrected chi connectivity index (χ1v) is 13.5. The summed E-state index contributed by atoms with van der Waals surface area (Å²) in [6.07, 6.45) is 1.56. The van der Waals surface area contributed by atoms with Crippen molar-refractivity contribution in [2.24, 2.45) is 5.10 Å². The maximum absolute atomic E-state index is 13.7. The molecule has 6 rings (SSSR count). The molecule has 2 heterocycles. The molecule has 40 heavy (non-hydrogen) atoms. The lowest BCUT2D eigenvalue weighted by Crippen LogP contribution is -2.20. The van der Waals surface area contributed by atoms with Crippen molar-refractivity contribution in [1.29, 1.82) is 0 Å². The minimum Gasteiger partial charge on any atom is -0.493 e. The third kappa shape index (κ3) is 5.11. The third-order valence-electron chi connectivity index (χ3n) is 6.29. The van der Waals surface area contributed by atoms with E-state index in [2.05, 4.69) is 21.0 Å². The highest BCUT2D eigenvalue weighted by molar-refractivity contribution is 9.10. The summed E-state index contributed by atoms with van der Waals surface area (Å²) in [5, 5.41) is 6.54. The van der Waals surface area contributed by atoms with E-state index in [0.29, 0.717) is 44.3 Å². The molecular weight excluding hydrogens is 594 g/mol. The van der Waals surface area contributed by atoms with E-state index in [-0.39, 0.29) is 18.0 Å². The maximum atomic E-state index is 13.7. The SMILES string of the molecule is COc1cccc(C=Nn2c(-c3cc4cc(Br)ccc4o3)nc3ccccc3c2=O)c1OCc1ccc(Cl)cc1. The fourth-order valence-electron chi connectivity index (χ4n) is 4.32. The summed E-state index contributed by atoms with van der Waals surface area (Å²) in [4.78, 5) is 18.4. The molecule has 6 aromatic rings. The van der Waals surface area contributed by atoms with E-state index >= 15 is 0 Å². The van der Waals surface area contributed by atoms with Gasteiger partial charge < -0.3 is 13.9 Å². The Balaban J connectivity index is 1.45. The topological polar surface area (TPSA) is 78.9 Å². The van der Waals surface area contributed by atoms with E-state index in [1.807, 2.05) is 66.7 Å². The number of hydrogen-bond donors (Lipinski definition) is 0. The van der Waals surface area contributed by atoms with Crippen LogP contribution in [0.1, 0.15) is 11.1 Å². The highest BCUT2D eigenvalue weighted by Crippen LogP contribution is 2.32. The second kappa shape index (κ2) is 11.0. The van der Waals surface area contributed by atoms with E-state index in [1.54, 1.807) is 37.6 Å². The van der Waals surface area contributed by atoms with Crippen molar-refractivity contribution in [2.45, 2.75) is 6.61 Å². The van der Waals surface area contributed by atoms with Gasteiger partial charge in [-0.3, -0.25) is 4.79 Å². The number of furan rings is 1. The molecule has 0 amide bonds. The van der Waals surface area contributed by atoms with Gasteiger partial charge >= 0.3 is 0 Å². The molecule has 0 atom stereocenters. The second-order valence-corrected chi connectivity index (χ2v) is 10.3. The normalized spacial score (nSPS) is 11.5. The lowest BCUT2D eigenvalue weighted by molar-refractivity contribution is 0.284. The Morgan fingerprint density at radius 3 is 2.67 bits per heavy atom. The van der Waals surface area contributed by atoms with Crippen LogP contribution in [0.15, 0.2) is 110 Å². The monoisotopic (exact) mass is 613 g/mol. The lowest BCUT2D eigenvalue weighted by atomic mass is 10.2. The number of hydrogen-bond acceptors (Lipinski definition) is 6. The van der Waals surface area contributed by atoms with Crippen LogP contribution >= 0.6 is 27.5 Å². The Kier molecular flexibility index (Phi) is 7.11. The zero-order valence-corrected chi connectivity index (χ0v) is 23.5. The molecule has 0 saturated heterocycles. The smallest absolute Gasteiger partial charge is 0.282 e. The van der Waals surface area contributed by atoms with Crippen molar-refractivity contribution in [2.75, 3.05) is 7.11 Å². The zero-order valence-electron chi connectivity index (χ0n) is 21.2. The number of halogens is 2. The summed E-state index contributed by atoms with van der Waals surface area (Å²) in [5.41, 5.74) is 2.44. The van der Waals surface area contributed by atoms with Gasteiger partial charge in [-0.1, -0.05) is 57.9 Å². The maximum Gasteiger partial charge on any atom is 0.282 e. The van der Waals surface area contributed by atoms with E-state index in [4.69, 9.17) is 30.5 Å². The van der Waals surface area contributed by atoms with Crippen molar-refractivity contribution in [1.82, 2.24) is 9.66 Å². The standard InChI is InChI=1S/C31H21BrClN3O4/c1-38-27-8-4-5-20(29(27)39-18-19-9-12-23(33)13-10-19)17-34-36-30(35-25-7-3-2-6-24(25)31(36)37)28-16-21-15-22(32)11-14-26(21)40-28/h2-17H,18H2,1H3. The third-order valence-corrected chi connectivity index (χ3v) is 7.04. The molecule has 0 aliphatic heterocycles. The molecule has 0 saturated carbocycles. The number of aromatic nitrogens is 2. The number of nitrogens with zero attached hydrogens (tertiary/aromatic N) is 3. The quantitative estimate of drug-likeness (QED) is 0.172. The van der Waals surface area contributed by atoms with Crippen molar-refractivity contribution < 1.29 is 13.9 Å². The van der Waals surface area contributed by atoms with Crippen molar-refractivity contribution in [3.63, 3.8) is 0 Å². The van der Waals surface area contributed by atoms with Crippen LogP contribution in [0.5, 0.6) is 11.5 Å². The summed E-state index contributed by atoms with van der Waals surface area (Å²) in [7, 11) is 1.57. The molecule has 9 heteroatoms. The van der Waals surface area contributed by atoms with Gasteiger partial charge in [0.1, 0.15) is 12.2 Å². The van der Waals surface area contributed by atoms with Crippen molar-refractivity contribution in [3.05, 3.63) is 122 Å². The molecule has 2 aromatic heterocycles. The first-order valence-electron chi connectivity index (χ1n) is 12.3. The Morgan fingerprint density at radius 2 is 1.85 bits per heavy atom. The highest BCUT2D eigenvalue weighted by atomic mass is 79.9. The zero-order chi connectivity index (χ0) is 27.6. The summed E-state index contributed by atoms with van der Waals surface area (Å²) >= 11 is 9.51. The fraction of sp³-hybridized carbons (Fsp3) is 0.0645. The van der Waals surface area contributed by atoms with Gasteiger partial charge in [0.05, 0.1) is 24.2 Å². The van der Waals surface area contributed by atoms with Gasteiger partial charge in [-0.05, 0) is 66.2 Å². The molecule has 0 bridgehead atoms. The van der Waals surface area contributed by atoms with Gasteiger partial charge in [-0.15, -0.1) is 0 Å². The molecule has 0 spiro atoms. The molecular formula is C31H21BrClN3O4. The number of para-hydroxylation sites is 2. The van der Waals surface area contributed by atoms with Crippen LogP contribution < -0.4 is 15.0 Å². The van der Waals surface area contributed by atoms with E-state index < -0.39 is 0 Å². The average Bonchev–Trinajstić information content (AvgIpc) is 3.39. The van der Waals surface area contributed by atoms with Gasteiger partial charge in [-0.2, -0.15) is 9.78 Å². The van der Waals surface area contributed by atoms with Crippen LogP contribution in [0.4, 0.5) is 0 Å². The van der Waals surface area contributed by atoms with Gasteiger partial charge in [0.25, 0.3) is 5.56 Å². The number of fused-ring (bicyclic) bond motifs is 2. The summed E-state index contributed by atoms with van der Waals surface area (Å²) in [6, 6.07) is 27.5. The predicted molar refractivity (Wildman–Crippen MR) is 161 cm³/mol. The first-order chi connectivity index (χ1) is 19.5. The molecule has 0 fully saturated rings. The second-order valence-electron chi connectivity index (χ2n) is 8.90. The van der Waals surface area contributed by atoms with Crippen molar-refractivity contribution >= 4 is 55.6 Å². The summed E-state index contributed by atoms with van der Waals surface area (Å²) < 4.78 is 20.0. The molecule has 0 unspecified atom stereocenters. The van der Waals surface area contributed by atoms with Crippen LogP contribution in [-0.4, -0.2) is 23.0 Å². The number of rotatable bonds is 7. The Bertz CT molecular complexity index is 1950. The van der Waals surface area contributed by atoms with E-state index in [1.165, 1.54) is 4.68 Å². The highest BCUT2D eigenvalue weighted by Gasteiger charge is 2.17. The summed E-state index contributed by atoms with van der Waals surface area (Å²) in [6.45, 7) is 0.287. The lowest BCUT2D eigenvalue weighted by Gasteiger charge is -2.13. The largest absolute Gasteiger partial charge is 0.493 e. The Labute approximate surface area is 242 Å². The fourth-order valence-corrected chi connectivity index (χ4v) is 4.83. The van der Waals surface area contributed by atoms with Gasteiger partial charge in [0, 0.05) is 20.4 Å². The van der Waals surface area contributed by atoms with E-state index in [9.17, 15) is 4.79 Å². The predicted octanol–water partition coefficient (Wildman–Crippen LogP) is 7.70. The van der Waals surface area contributed by atoms with Crippen LogP contribution in [0.2, 0.25) is 5.02 Å². The number of benzene rings is 4. The Morgan fingerprint density at radius 1 is 1.02 bits per heavy atom. The number of ether oxygens (including phenoxy) is 2. The minimum absolute atomic E-state index is 0.277. The molecule has 0 aliphatic rings. The molecule has 7 nitrogen and oxygen atoms in total. The van der Waals surface area contributed by atoms with Crippen LogP contribution in [0.25, 0.3) is 33.5 Å². The van der Waals surface area contributed by atoms with Gasteiger partial charge in [-0.25, -0.2) is 4.98 Å². The Hall–Kier alpha value is -4.40. The molecule has 0 radical (unpaired) electrons.